The standard InChI is InChI=1S/C24H26FN3O2/c1-29-21-5-3-4-18(16-21)22-10-11-24(30-2)23(26-22)17-27-12-14-28(15-13-27)20-8-6-19(25)7-9-20/h3-11,16H,12-15,17H2,1-2H3. The first-order chi connectivity index (χ1) is 14.7. The van der Waals surface area contributed by atoms with Gasteiger partial charge in [-0.25, -0.2) is 9.37 Å². The summed E-state index contributed by atoms with van der Waals surface area (Å²) in [7, 11) is 3.34. The number of rotatable bonds is 6. The highest BCUT2D eigenvalue weighted by Crippen LogP contribution is 2.27. The molecular weight excluding hydrogens is 381 g/mol. The van der Waals surface area contributed by atoms with Crippen LogP contribution in [0, 0.1) is 5.82 Å². The monoisotopic (exact) mass is 407 g/mol. The van der Waals surface area contributed by atoms with E-state index in [1.165, 1.54) is 12.1 Å². The second-order valence-electron chi connectivity index (χ2n) is 7.32. The molecule has 2 aromatic carbocycles. The number of ether oxygens (including phenoxy) is 2. The molecule has 1 aliphatic heterocycles. The summed E-state index contributed by atoms with van der Waals surface area (Å²) in [6.07, 6.45) is 0. The van der Waals surface area contributed by atoms with E-state index in [-0.39, 0.29) is 5.82 Å². The van der Waals surface area contributed by atoms with Crippen molar-refractivity contribution in [2.45, 2.75) is 6.54 Å². The predicted molar refractivity (Wildman–Crippen MR) is 117 cm³/mol. The molecule has 1 saturated heterocycles. The molecule has 4 rings (SSSR count). The van der Waals surface area contributed by atoms with Gasteiger partial charge in [0.15, 0.2) is 0 Å². The molecule has 1 aromatic heterocycles. The zero-order valence-electron chi connectivity index (χ0n) is 17.3. The predicted octanol–water partition coefficient (Wildman–Crippen LogP) is 4.23. The molecule has 3 aromatic rings. The minimum atomic E-state index is -0.202. The number of nitrogens with zero attached hydrogens (tertiary/aromatic N) is 3. The first kappa shape index (κ1) is 20.2. The van der Waals surface area contributed by atoms with Gasteiger partial charge in [0, 0.05) is 44.0 Å². The van der Waals surface area contributed by atoms with E-state index in [0.29, 0.717) is 0 Å². The van der Waals surface area contributed by atoms with Gasteiger partial charge in [-0.15, -0.1) is 0 Å². The summed E-state index contributed by atoms with van der Waals surface area (Å²) in [5.74, 6) is 1.40. The Bertz CT molecular complexity index is 986. The van der Waals surface area contributed by atoms with Crippen LogP contribution >= 0.6 is 0 Å². The van der Waals surface area contributed by atoms with Gasteiger partial charge in [0.2, 0.25) is 0 Å². The summed E-state index contributed by atoms with van der Waals surface area (Å²) in [6, 6.07) is 18.6. The van der Waals surface area contributed by atoms with Crippen LogP contribution in [0.15, 0.2) is 60.7 Å². The molecule has 5 nitrogen and oxygen atoms in total. The molecule has 6 heteroatoms. The number of piperazine rings is 1. The van der Waals surface area contributed by atoms with Crippen molar-refractivity contribution in [3.05, 3.63) is 72.2 Å². The Morgan fingerprint density at radius 2 is 1.67 bits per heavy atom. The lowest BCUT2D eigenvalue weighted by atomic mass is 10.1. The van der Waals surface area contributed by atoms with Crippen LogP contribution in [0.2, 0.25) is 0 Å². The van der Waals surface area contributed by atoms with Gasteiger partial charge in [-0.3, -0.25) is 4.90 Å². The summed E-state index contributed by atoms with van der Waals surface area (Å²) in [6.45, 7) is 4.32. The minimum Gasteiger partial charge on any atom is -0.497 e. The van der Waals surface area contributed by atoms with Crippen LogP contribution in [0.1, 0.15) is 5.69 Å². The molecule has 0 amide bonds. The van der Waals surface area contributed by atoms with Crippen LogP contribution in [0.4, 0.5) is 10.1 Å². The zero-order chi connectivity index (χ0) is 20.9. The Hall–Kier alpha value is -3.12. The van der Waals surface area contributed by atoms with E-state index in [2.05, 4.69) is 9.80 Å². The summed E-state index contributed by atoms with van der Waals surface area (Å²) < 4.78 is 24.1. The normalized spacial score (nSPS) is 14.6. The Morgan fingerprint density at radius 1 is 0.900 bits per heavy atom. The molecule has 30 heavy (non-hydrogen) atoms. The summed E-state index contributed by atoms with van der Waals surface area (Å²) >= 11 is 0. The van der Waals surface area contributed by atoms with Crippen LogP contribution in [-0.2, 0) is 6.54 Å². The number of aromatic nitrogens is 1. The van der Waals surface area contributed by atoms with E-state index in [4.69, 9.17) is 14.5 Å². The maximum absolute atomic E-state index is 13.2. The van der Waals surface area contributed by atoms with Gasteiger partial charge in [-0.2, -0.15) is 0 Å². The van der Waals surface area contributed by atoms with Crippen molar-refractivity contribution >= 4 is 5.69 Å². The molecule has 0 N–H and O–H groups in total. The third kappa shape index (κ3) is 4.54. The molecule has 0 radical (unpaired) electrons. The lowest BCUT2D eigenvalue weighted by Crippen LogP contribution is -2.46. The van der Waals surface area contributed by atoms with E-state index < -0.39 is 0 Å². The molecule has 156 valence electrons. The van der Waals surface area contributed by atoms with Crippen molar-refractivity contribution in [3.63, 3.8) is 0 Å². The third-order valence-corrected chi connectivity index (χ3v) is 5.46. The second kappa shape index (κ2) is 9.13. The molecule has 0 aliphatic carbocycles. The lowest BCUT2D eigenvalue weighted by Gasteiger charge is -2.36. The number of anilines is 1. The van der Waals surface area contributed by atoms with Crippen molar-refractivity contribution in [1.29, 1.82) is 0 Å². The fourth-order valence-electron chi connectivity index (χ4n) is 3.76. The highest BCUT2D eigenvalue weighted by Gasteiger charge is 2.19. The molecule has 1 fully saturated rings. The first-order valence-corrected chi connectivity index (χ1v) is 10.1. The van der Waals surface area contributed by atoms with E-state index >= 15 is 0 Å². The zero-order valence-corrected chi connectivity index (χ0v) is 17.3. The highest BCUT2D eigenvalue weighted by atomic mass is 19.1. The van der Waals surface area contributed by atoms with Crippen molar-refractivity contribution < 1.29 is 13.9 Å². The van der Waals surface area contributed by atoms with Crippen molar-refractivity contribution in [1.82, 2.24) is 9.88 Å². The quantitative estimate of drug-likeness (QED) is 0.611. The molecule has 0 spiro atoms. The van der Waals surface area contributed by atoms with Gasteiger partial charge in [0.1, 0.15) is 17.3 Å². The molecule has 0 unspecified atom stereocenters. The van der Waals surface area contributed by atoms with Gasteiger partial charge >= 0.3 is 0 Å². The average Bonchev–Trinajstić information content (AvgIpc) is 2.80. The van der Waals surface area contributed by atoms with Crippen LogP contribution in [-0.4, -0.2) is 50.3 Å². The molecule has 0 saturated carbocycles. The fourth-order valence-corrected chi connectivity index (χ4v) is 3.76. The number of halogens is 1. The summed E-state index contributed by atoms with van der Waals surface area (Å²) in [5, 5.41) is 0. The van der Waals surface area contributed by atoms with E-state index in [0.717, 1.165) is 66.9 Å². The Kier molecular flexibility index (Phi) is 6.14. The smallest absolute Gasteiger partial charge is 0.141 e. The van der Waals surface area contributed by atoms with E-state index in [1.54, 1.807) is 14.2 Å². The number of methoxy groups -OCH3 is 2. The number of benzene rings is 2. The van der Waals surface area contributed by atoms with Gasteiger partial charge < -0.3 is 14.4 Å². The fraction of sp³-hybridized carbons (Fsp3) is 0.292. The Balaban J connectivity index is 1.47. The highest BCUT2D eigenvalue weighted by molar-refractivity contribution is 5.62. The SMILES string of the molecule is COc1cccc(-c2ccc(OC)c(CN3CCN(c4ccc(F)cc4)CC3)n2)c1. The van der Waals surface area contributed by atoms with E-state index in [1.807, 2.05) is 48.5 Å². The number of hydrogen-bond donors (Lipinski definition) is 0. The molecule has 0 atom stereocenters. The lowest BCUT2D eigenvalue weighted by molar-refractivity contribution is 0.243. The van der Waals surface area contributed by atoms with E-state index in [9.17, 15) is 4.39 Å². The maximum Gasteiger partial charge on any atom is 0.141 e. The molecular formula is C24H26FN3O2. The molecule has 0 bridgehead atoms. The van der Waals surface area contributed by atoms with Crippen LogP contribution in [0.25, 0.3) is 11.3 Å². The topological polar surface area (TPSA) is 37.8 Å². The second-order valence-corrected chi connectivity index (χ2v) is 7.32. The molecule has 2 heterocycles. The maximum atomic E-state index is 13.2. The average molecular weight is 407 g/mol. The third-order valence-electron chi connectivity index (χ3n) is 5.46. The minimum absolute atomic E-state index is 0.202. The number of hydrogen-bond acceptors (Lipinski definition) is 5. The summed E-state index contributed by atoms with van der Waals surface area (Å²) in [4.78, 5) is 9.55. The summed E-state index contributed by atoms with van der Waals surface area (Å²) in [5.41, 5.74) is 3.90. The van der Waals surface area contributed by atoms with Crippen LogP contribution in [0.3, 0.4) is 0 Å². The van der Waals surface area contributed by atoms with Crippen LogP contribution in [0.5, 0.6) is 11.5 Å². The van der Waals surface area contributed by atoms with Crippen molar-refractivity contribution in [2.24, 2.45) is 0 Å². The Morgan fingerprint density at radius 3 is 2.37 bits per heavy atom. The largest absolute Gasteiger partial charge is 0.497 e. The Labute approximate surface area is 176 Å². The van der Waals surface area contributed by atoms with Gasteiger partial charge in [0.25, 0.3) is 0 Å². The van der Waals surface area contributed by atoms with Gasteiger partial charge in [0.05, 0.1) is 25.6 Å². The first-order valence-electron chi connectivity index (χ1n) is 10.1. The van der Waals surface area contributed by atoms with Crippen LogP contribution < -0.4 is 14.4 Å². The van der Waals surface area contributed by atoms with Crippen molar-refractivity contribution in [2.75, 3.05) is 45.3 Å². The van der Waals surface area contributed by atoms with Crippen molar-refractivity contribution in [3.8, 4) is 22.8 Å². The van der Waals surface area contributed by atoms with Gasteiger partial charge in [-0.05, 0) is 48.5 Å². The number of pyridine rings is 1. The molecule has 1 aliphatic rings. The van der Waals surface area contributed by atoms with Gasteiger partial charge in [-0.1, -0.05) is 12.1 Å².